The van der Waals surface area contributed by atoms with Crippen molar-refractivity contribution in [3.05, 3.63) is 29.3 Å². The van der Waals surface area contributed by atoms with Crippen molar-refractivity contribution in [3.8, 4) is 0 Å². The fourth-order valence-electron chi connectivity index (χ4n) is 2.82. The van der Waals surface area contributed by atoms with Gasteiger partial charge in [-0.15, -0.1) is 0 Å². The van der Waals surface area contributed by atoms with Crippen molar-refractivity contribution in [1.29, 1.82) is 0 Å². The maximum Gasteiger partial charge on any atom is 0.240 e. The van der Waals surface area contributed by atoms with Gasteiger partial charge in [-0.1, -0.05) is 25.8 Å². The standard InChI is InChI=1S/C15H24N2O2S/c1-11-5-3-4-6-15(11)17-20(18,19)14-8-7-13(10-16)12(2)9-14/h7-9,11,15,17H,3-6,10,16H2,1-2H3. The van der Waals surface area contributed by atoms with Crippen molar-refractivity contribution in [3.63, 3.8) is 0 Å². The molecule has 0 radical (unpaired) electrons. The maximum atomic E-state index is 12.5. The molecule has 5 heteroatoms. The second-order valence-electron chi connectivity index (χ2n) is 5.78. The zero-order chi connectivity index (χ0) is 14.8. The lowest BCUT2D eigenvalue weighted by Gasteiger charge is -2.29. The van der Waals surface area contributed by atoms with Crippen LogP contribution in [0.3, 0.4) is 0 Å². The van der Waals surface area contributed by atoms with Crippen LogP contribution in [0.25, 0.3) is 0 Å². The molecule has 0 aliphatic heterocycles. The van der Waals surface area contributed by atoms with Gasteiger partial charge in [-0.2, -0.15) is 0 Å². The van der Waals surface area contributed by atoms with E-state index in [9.17, 15) is 8.42 Å². The van der Waals surface area contributed by atoms with E-state index in [1.54, 1.807) is 18.2 Å². The SMILES string of the molecule is Cc1cc(S(=O)(=O)NC2CCCCC2C)ccc1CN. The predicted molar refractivity (Wildman–Crippen MR) is 80.8 cm³/mol. The molecule has 1 aromatic rings. The molecule has 0 bridgehead atoms. The number of hydrogen-bond acceptors (Lipinski definition) is 3. The highest BCUT2D eigenvalue weighted by Crippen LogP contribution is 2.25. The number of aryl methyl sites for hydroxylation is 1. The Kier molecular flexibility index (Phi) is 4.83. The Balaban J connectivity index is 2.19. The highest BCUT2D eigenvalue weighted by Gasteiger charge is 2.26. The van der Waals surface area contributed by atoms with Crippen LogP contribution < -0.4 is 10.5 Å². The van der Waals surface area contributed by atoms with E-state index >= 15 is 0 Å². The first-order chi connectivity index (χ1) is 9.44. The summed E-state index contributed by atoms with van der Waals surface area (Å²) in [6.45, 7) is 4.44. The highest BCUT2D eigenvalue weighted by atomic mass is 32.2. The molecule has 0 saturated heterocycles. The first-order valence-corrected chi connectivity index (χ1v) is 8.74. The molecular weight excluding hydrogens is 272 g/mol. The molecule has 1 saturated carbocycles. The molecule has 1 aliphatic rings. The van der Waals surface area contributed by atoms with Crippen LogP contribution in [0.4, 0.5) is 0 Å². The first-order valence-electron chi connectivity index (χ1n) is 7.26. The molecule has 0 amide bonds. The van der Waals surface area contributed by atoms with Crippen molar-refractivity contribution in [2.45, 2.75) is 57.0 Å². The summed E-state index contributed by atoms with van der Waals surface area (Å²) in [4.78, 5) is 0.338. The fourth-order valence-corrected chi connectivity index (χ4v) is 4.29. The highest BCUT2D eigenvalue weighted by molar-refractivity contribution is 7.89. The number of hydrogen-bond donors (Lipinski definition) is 2. The third kappa shape index (κ3) is 3.40. The average Bonchev–Trinajstić information content (AvgIpc) is 2.41. The Morgan fingerprint density at radius 2 is 2.00 bits per heavy atom. The molecule has 112 valence electrons. The van der Waals surface area contributed by atoms with Crippen LogP contribution in [-0.2, 0) is 16.6 Å². The van der Waals surface area contributed by atoms with Crippen LogP contribution in [0.15, 0.2) is 23.1 Å². The summed E-state index contributed by atoms with van der Waals surface area (Å²) in [5.74, 6) is 0.405. The minimum atomic E-state index is -3.43. The van der Waals surface area contributed by atoms with Gasteiger partial charge in [-0.3, -0.25) is 0 Å². The van der Waals surface area contributed by atoms with Crippen LogP contribution >= 0.6 is 0 Å². The third-order valence-electron chi connectivity index (χ3n) is 4.26. The molecule has 20 heavy (non-hydrogen) atoms. The molecule has 2 unspecified atom stereocenters. The molecule has 1 aromatic carbocycles. The topological polar surface area (TPSA) is 72.2 Å². The minimum absolute atomic E-state index is 0.0586. The van der Waals surface area contributed by atoms with Crippen molar-refractivity contribution in [1.82, 2.24) is 4.72 Å². The molecule has 0 heterocycles. The Morgan fingerprint density at radius 1 is 1.30 bits per heavy atom. The minimum Gasteiger partial charge on any atom is -0.326 e. The molecule has 4 nitrogen and oxygen atoms in total. The summed E-state index contributed by atoms with van der Waals surface area (Å²) in [6, 6.07) is 5.21. The molecular formula is C15H24N2O2S. The molecule has 3 N–H and O–H groups in total. The van der Waals surface area contributed by atoms with Gasteiger partial charge >= 0.3 is 0 Å². The van der Waals surface area contributed by atoms with E-state index in [1.165, 1.54) is 6.42 Å². The van der Waals surface area contributed by atoms with Gasteiger partial charge in [0, 0.05) is 12.6 Å². The van der Waals surface area contributed by atoms with E-state index in [0.29, 0.717) is 17.4 Å². The molecule has 1 aliphatic carbocycles. The summed E-state index contributed by atoms with van der Waals surface area (Å²) in [5, 5.41) is 0. The molecule has 0 aromatic heterocycles. The van der Waals surface area contributed by atoms with Crippen molar-refractivity contribution in [2.75, 3.05) is 0 Å². The van der Waals surface area contributed by atoms with Crippen LogP contribution in [0.1, 0.15) is 43.7 Å². The van der Waals surface area contributed by atoms with E-state index < -0.39 is 10.0 Å². The number of rotatable bonds is 4. The lowest BCUT2D eigenvalue weighted by molar-refractivity contribution is 0.310. The molecule has 0 spiro atoms. The van der Waals surface area contributed by atoms with Crippen LogP contribution in [0, 0.1) is 12.8 Å². The Bertz CT molecular complexity index is 569. The number of sulfonamides is 1. The van der Waals surface area contributed by atoms with Gasteiger partial charge in [0.1, 0.15) is 0 Å². The summed E-state index contributed by atoms with van der Waals surface area (Å²) in [7, 11) is -3.43. The Labute approximate surface area is 121 Å². The van der Waals surface area contributed by atoms with E-state index in [0.717, 1.165) is 30.4 Å². The van der Waals surface area contributed by atoms with Gasteiger partial charge < -0.3 is 5.73 Å². The number of nitrogens with one attached hydrogen (secondary N) is 1. The monoisotopic (exact) mass is 296 g/mol. The fraction of sp³-hybridized carbons (Fsp3) is 0.600. The first kappa shape index (κ1) is 15.5. The van der Waals surface area contributed by atoms with Gasteiger partial charge in [0.2, 0.25) is 10.0 Å². The number of nitrogens with two attached hydrogens (primary N) is 1. The zero-order valence-corrected chi connectivity index (χ0v) is 13.0. The van der Waals surface area contributed by atoms with Crippen molar-refractivity contribution >= 4 is 10.0 Å². The third-order valence-corrected chi connectivity index (χ3v) is 5.75. The molecule has 2 rings (SSSR count). The van der Waals surface area contributed by atoms with E-state index in [-0.39, 0.29) is 6.04 Å². The number of benzene rings is 1. The Hall–Kier alpha value is -0.910. The van der Waals surface area contributed by atoms with E-state index in [4.69, 9.17) is 5.73 Å². The normalized spacial score (nSPS) is 23.8. The van der Waals surface area contributed by atoms with Gasteiger partial charge in [0.15, 0.2) is 0 Å². The lowest BCUT2D eigenvalue weighted by Crippen LogP contribution is -2.41. The van der Waals surface area contributed by atoms with E-state index in [2.05, 4.69) is 11.6 Å². The largest absolute Gasteiger partial charge is 0.326 e. The summed E-state index contributed by atoms with van der Waals surface area (Å²) in [5.41, 5.74) is 7.52. The second-order valence-corrected chi connectivity index (χ2v) is 7.50. The predicted octanol–water partition coefficient (Wildman–Crippen LogP) is 2.31. The van der Waals surface area contributed by atoms with Crippen molar-refractivity contribution in [2.24, 2.45) is 11.7 Å². The zero-order valence-electron chi connectivity index (χ0n) is 12.2. The summed E-state index contributed by atoms with van der Waals surface area (Å²) >= 11 is 0. The maximum absolute atomic E-state index is 12.5. The van der Waals surface area contributed by atoms with Gasteiger partial charge in [-0.05, 0) is 48.9 Å². The quantitative estimate of drug-likeness (QED) is 0.895. The summed E-state index contributed by atoms with van der Waals surface area (Å²) in [6.07, 6.45) is 4.32. The lowest BCUT2D eigenvalue weighted by atomic mass is 9.87. The van der Waals surface area contributed by atoms with E-state index in [1.807, 2.05) is 6.92 Å². The van der Waals surface area contributed by atoms with Gasteiger partial charge in [0.05, 0.1) is 4.90 Å². The average molecular weight is 296 g/mol. The second kappa shape index (κ2) is 6.24. The Morgan fingerprint density at radius 3 is 2.60 bits per heavy atom. The smallest absolute Gasteiger partial charge is 0.240 e. The van der Waals surface area contributed by atoms with Gasteiger partial charge in [-0.25, -0.2) is 13.1 Å². The van der Waals surface area contributed by atoms with Crippen LogP contribution in [-0.4, -0.2) is 14.5 Å². The summed E-state index contributed by atoms with van der Waals surface area (Å²) < 4.78 is 27.8. The van der Waals surface area contributed by atoms with Crippen LogP contribution in [0.2, 0.25) is 0 Å². The molecule has 2 atom stereocenters. The molecule has 1 fully saturated rings. The van der Waals surface area contributed by atoms with Crippen LogP contribution in [0.5, 0.6) is 0 Å². The van der Waals surface area contributed by atoms with Crippen molar-refractivity contribution < 1.29 is 8.42 Å². The van der Waals surface area contributed by atoms with Gasteiger partial charge in [0.25, 0.3) is 0 Å².